The van der Waals surface area contributed by atoms with E-state index >= 15 is 0 Å². The summed E-state index contributed by atoms with van der Waals surface area (Å²) in [5, 5.41) is 7.54. The molecule has 0 unspecified atom stereocenters. The topological polar surface area (TPSA) is 86.1 Å². The van der Waals surface area contributed by atoms with Crippen molar-refractivity contribution in [2.24, 2.45) is 0 Å². The van der Waals surface area contributed by atoms with Crippen LogP contribution >= 0.6 is 11.3 Å². The quantitative estimate of drug-likeness (QED) is 0.712. The Bertz CT molecular complexity index is 976. The summed E-state index contributed by atoms with van der Waals surface area (Å²) in [4.78, 5) is 30.0. The zero-order valence-electron chi connectivity index (χ0n) is 14.9. The van der Waals surface area contributed by atoms with Crippen LogP contribution in [0.15, 0.2) is 30.6 Å². The fraction of sp³-hybridized carbons (Fsp3) is 0.222. The summed E-state index contributed by atoms with van der Waals surface area (Å²) in [5.41, 5.74) is 2.26. The second kappa shape index (κ2) is 7.09. The molecule has 0 atom stereocenters. The first kappa shape index (κ1) is 17.8. The molecule has 3 heterocycles. The van der Waals surface area contributed by atoms with Crippen molar-refractivity contribution < 1.29 is 14.3 Å². The Kier molecular flexibility index (Phi) is 4.85. The van der Waals surface area contributed by atoms with E-state index in [0.717, 1.165) is 10.4 Å². The number of carbonyl (C=O) groups is 2. The summed E-state index contributed by atoms with van der Waals surface area (Å²) in [7, 11) is 1.32. The van der Waals surface area contributed by atoms with Gasteiger partial charge in [-0.3, -0.25) is 4.79 Å². The zero-order chi connectivity index (χ0) is 18.8. The Balaban J connectivity index is 1.92. The molecule has 0 radical (unpaired) electrons. The summed E-state index contributed by atoms with van der Waals surface area (Å²) < 4.78 is 6.43. The number of nitrogens with one attached hydrogen (secondary N) is 1. The van der Waals surface area contributed by atoms with Gasteiger partial charge in [-0.2, -0.15) is 5.10 Å². The van der Waals surface area contributed by atoms with Crippen LogP contribution in [0.5, 0.6) is 0 Å². The van der Waals surface area contributed by atoms with Gasteiger partial charge in [-0.1, -0.05) is 6.07 Å². The fourth-order valence-corrected chi connectivity index (χ4v) is 3.62. The monoisotopic (exact) mass is 370 g/mol. The zero-order valence-corrected chi connectivity index (χ0v) is 15.7. The molecule has 0 saturated carbocycles. The molecule has 8 heteroatoms. The molecule has 1 N–H and O–H groups in total. The number of esters is 1. The number of ether oxygens (including phenoxy) is 1. The maximum absolute atomic E-state index is 12.7. The lowest BCUT2D eigenvalue weighted by molar-refractivity contribution is 0.0601. The van der Waals surface area contributed by atoms with Crippen molar-refractivity contribution in [1.82, 2.24) is 14.8 Å². The van der Waals surface area contributed by atoms with Gasteiger partial charge < -0.3 is 10.1 Å². The first-order valence-electron chi connectivity index (χ1n) is 7.89. The minimum atomic E-state index is -0.469. The van der Waals surface area contributed by atoms with Crippen LogP contribution in [0.4, 0.5) is 5.00 Å². The lowest BCUT2D eigenvalue weighted by atomic mass is 10.1. The summed E-state index contributed by atoms with van der Waals surface area (Å²) in [5.74, 6) is -0.179. The van der Waals surface area contributed by atoms with Crippen molar-refractivity contribution in [3.8, 4) is 5.82 Å². The van der Waals surface area contributed by atoms with Crippen LogP contribution in [0.1, 0.15) is 36.9 Å². The lowest BCUT2D eigenvalue weighted by Crippen LogP contribution is -2.15. The molecule has 3 rings (SSSR count). The minimum absolute atomic E-state index is 0.337. The Morgan fingerprint density at radius 2 is 2.00 bits per heavy atom. The van der Waals surface area contributed by atoms with Crippen LogP contribution in [-0.4, -0.2) is 33.8 Å². The van der Waals surface area contributed by atoms with E-state index < -0.39 is 5.97 Å². The minimum Gasteiger partial charge on any atom is -0.465 e. The smallest absolute Gasteiger partial charge is 0.341 e. The number of hydrogen-bond acceptors (Lipinski definition) is 6. The number of hydrogen-bond donors (Lipinski definition) is 1. The van der Waals surface area contributed by atoms with Gasteiger partial charge in [0.25, 0.3) is 5.91 Å². The van der Waals surface area contributed by atoms with Crippen molar-refractivity contribution in [2.45, 2.75) is 20.8 Å². The number of pyridine rings is 1. The highest BCUT2D eigenvalue weighted by Crippen LogP contribution is 2.33. The van der Waals surface area contributed by atoms with Crippen LogP contribution in [0, 0.1) is 20.8 Å². The van der Waals surface area contributed by atoms with E-state index in [0.29, 0.717) is 27.6 Å². The molecule has 3 aromatic rings. The summed E-state index contributed by atoms with van der Waals surface area (Å²) in [6.07, 6.45) is 3.15. The molecule has 0 bridgehead atoms. The van der Waals surface area contributed by atoms with Gasteiger partial charge in [0.2, 0.25) is 0 Å². The van der Waals surface area contributed by atoms with Gasteiger partial charge in [-0.05, 0) is 38.5 Å². The average Bonchev–Trinajstić information content (AvgIpc) is 3.15. The standard InChI is InChI=1S/C18H18N4O3S/c1-10-12(3)26-17(15(10)18(24)25-4)21-16(23)13-9-20-22(11(13)2)14-7-5-6-8-19-14/h5-9H,1-4H3,(H,21,23). The number of rotatable bonds is 4. The van der Waals surface area contributed by atoms with Gasteiger partial charge >= 0.3 is 5.97 Å². The molecule has 26 heavy (non-hydrogen) atoms. The van der Waals surface area contributed by atoms with Crippen molar-refractivity contribution in [3.05, 3.63) is 57.9 Å². The fourth-order valence-electron chi connectivity index (χ4n) is 2.58. The van der Waals surface area contributed by atoms with Crippen LogP contribution in [0.25, 0.3) is 5.82 Å². The molecule has 7 nitrogen and oxygen atoms in total. The Morgan fingerprint density at radius 3 is 2.65 bits per heavy atom. The van der Waals surface area contributed by atoms with Gasteiger partial charge in [0.1, 0.15) is 5.00 Å². The normalized spacial score (nSPS) is 10.6. The average molecular weight is 370 g/mol. The van der Waals surface area contributed by atoms with E-state index in [1.165, 1.54) is 24.6 Å². The highest BCUT2D eigenvalue weighted by molar-refractivity contribution is 7.16. The van der Waals surface area contributed by atoms with Gasteiger partial charge in [0.05, 0.1) is 30.1 Å². The number of thiophene rings is 1. The van der Waals surface area contributed by atoms with E-state index in [-0.39, 0.29) is 5.91 Å². The molecule has 3 aromatic heterocycles. The highest BCUT2D eigenvalue weighted by Gasteiger charge is 2.23. The third kappa shape index (κ3) is 3.11. The van der Waals surface area contributed by atoms with Crippen molar-refractivity contribution in [1.29, 1.82) is 0 Å². The number of aromatic nitrogens is 3. The number of aryl methyl sites for hydroxylation is 1. The molecule has 0 aliphatic rings. The summed E-state index contributed by atoms with van der Waals surface area (Å²) >= 11 is 1.34. The van der Waals surface area contributed by atoms with E-state index in [1.54, 1.807) is 17.8 Å². The molecule has 0 fully saturated rings. The number of amides is 1. The van der Waals surface area contributed by atoms with E-state index in [9.17, 15) is 9.59 Å². The Labute approximate surface area is 154 Å². The number of anilines is 1. The summed E-state index contributed by atoms with van der Waals surface area (Å²) in [6.45, 7) is 5.52. The van der Waals surface area contributed by atoms with Crippen LogP contribution in [-0.2, 0) is 4.74 Å². The third-order valence-corrected chi connectivity index (χ3v) is 5.25. The molecular formula is C18H18N4O3S. The molecular weight excluding hydrogens is 352 g/mol. The Hall–Kier alpha value is -3.00. The van der Waals surface area contributed by atoms with Gasteiger partial charge in [-0.15, -0.1) is 11.3 Å². The predicted molar refractivity (Wildman–Crippen MR) is 99.2 cm³/mol. The molecule has 0 aliphatic heterocycles. The molecule has 0 aromatic carbocycles. The van der Waals surface area contributed by atoms with E-state index in [4.69, 9.17) is 4.74 Å². The van der Waals surface area contributed by atoms with Crippen molar-refractivity contribution in [2.75, 3.05) is 12.4 Å². The van der Waals surface area contributed by atoms with Gasteiger partial charge in [0, 0.05) is 11.1 Å². The largest absolute Gasteiger partial charge is 0.465 e. The summed E-state index contributed by atoms with van der Waals surface area (Å²) in [6, 6.07) is 5.47. The first-order valence-corrected chi connectivity index (χ1v) is 8.71. The molecule has 0 saturated heterocycles. The third-order valence-electron chi connectivity index (χ3n) is 4.12. The van der Waals surface area contributed by atoms with Crippen LogP contribution in [0.2, 0.25) is 0 Å². The molecule has 0 aliphatic carbocycles. The van der Waals surface area contributed by atoms with E-state index in [1.807, 2.05) is 32.0 Å². The molecule has 1 amide bonds. The number of methoxy groups -OCH3 is 1. The van der Waals surface area contributed by atoms with Crippen LogP contribution < -0.4 is 5.32 Å². The first-order chi connectivity index (χ1) is 12.4. The van der Waals surface area contributed by atoms with Crippen molar-refractivity contribution in [3.63, 3.8) is 0 Å². The second-order valence-electron chi connectivity index (χ2n) is 5.68. The molecule has 0 spiro atoms. The SMILES string of the molecule is COC(=O)c1c(NC(=O)c2cnn(-c3ccccn3)c2C)sc(C)c1C. The maximum Gasteiger partial charge on any atom is 0.341 e. The predicted octanol–water partition coefficient (Wildman–Crippen LogP) is 3.29. The Morgan fingerprint density at radius 1 is 1.23 bits per heavy atom. The van der Waals surface area contributed by atoms with Gasteiger partial charge in [0.15, 0.2) is 5.82 Å². The van der Waals surface area contributed by atoms with Crippen molar-refractivity contribution >= 4 is 28.2 Å². The molecule has 134 valence electrons. The van der Waals surface area contributed by atoms with E-state index in [2.05, 4.69) is 15.4 Å². The number of carbonyl (C=O) groups excluding carboxylic acids is 2. The highest BCUT2D eigenvalue weighted by atomic mass is 32.1. The maximum atomic E-state index is 12.7. The lowest BCUT2D eigenvalue weighted by Gasteiger charge is -2.07. The van der Waals surface area contributed by atoms with Gasteiger partial charge in [-0.25, -0.2) is 14.5 Å². The second-order valence-corrected chi connectivity index (χ2v) is 6.90. The number of nitrogens with zero attached hydrogens (tertiary/aromatic N) is 3. The van der Waals surface area contributed by atoms with Crippen LogP contribution in [0.3, 0.4) is 0 Å².